The summed E-state index contributed by atoms with van der Waals surface area (Å²) >= 11 is 0. The van der Waals surface area contributed by atoms with E-state index in [0.717, 1.165) is 0 Å². The Labute approximate surface area is 53.9 Å². The summed E-state index contributed by atoms with van der Waals surface area (Å²) < 4.78 is 28.1. The first-order valence-electron chi connectivity index (χ1n) is 2.20. The van der Waals surface area contributed by atoms with Gasteiger partial charge in [0.05, 0.1) is 0 Å². The topological polar surface area (TPSA) is 112 Å². The molecule has 0 saturated heterocycles. The van der Waals surface area contributed by atoms with Gasteiger partial charge in [-0.15, -0.1) is 0 Å². The van der Waals surface area contributed by atoms with Crippen LogP contribution in [0.1, 0.15) is 13.3 Å². The molecule has 0 saturated carbocycles. The van der Waals surface area contributed by atoms with E-state index in [1.54, 1.807) is 6.92 Å². The molecule has 5 nitrogen and oxygen atoms in total. The summed E-state index contributed by atoms with van der Waals surface area (Å²) in [6.07, 6.45) is 0.235. The lowest BCUT2D eigenvalue weighted by atomic mass is 10.5. The molecule has 0 aromatic carbocycles. The average molecular weight is 157 g/mol. The zero-order valence-corrected chi connectivity index (χ0v) is 5.85. The minimum atomic E-state index is -3.98. The van der Waals surface area contributed by atoms with Crippen molar-refractivity contribution in [2.75, 3.05) is 0 Å². The van der Waals surface area contributed by atoms with Crippen LogP contribution in [0.25, 0.3) is 0 Å². The summed E-state index contributed by atoms with van der Waals surface area (Å²) in [4.78, 5) is 0. The summed E-state index contributed by atoms with van der Waals surface area (Å²) in [5, 5.41) is -1.12. The number of hydrogen-bond donors (Lipinski definition) is 2. The summed E-state index contributed by atoms with van der Waals surface area (Å²) in [6, 6.07) is 0. The third-order valence-corrected chi connectivity index (χ3v) is 1.88. The van der Waals surface area contributed by atoms with Crippen molar-refractivity contribution in [3.05, 3.63) is 0 Å². The van der Waals surface area contributed by atoms with Crippen LogP contribution in [-0.4, -0.2) is 23.8 Å². The van der Waals surface area contributed by atoms with Gasteiger partial charge in [-0.2, -0.15) is 8.42 Å². The molecule has 0 aromatic rings. The zero-order valence-electron chi connectivity index (χ0n) is 5.03. The molecular formula is C3H11NO4S. The molecule has 0 fully saturated rings. The first-order chi connectivity index (χ1) is 3.48. The Hall–Kier alpha value is -0.170. The van der Waals surface area contributed by atoms with E-state index in [0.29, 0.717) is 0 Å². The molecule has 6 heteroatoms. The standard InChI is InChI=1S/C3H9NO3S.H2O/c1-2-3(4)8(5,6)7;/h3H,2,4H2,1H3,(H,5,6,7);1H2. The first kappa shape index (κ1) is 11.6. The maximum atomic E-state index is 9.99. The van der Waals surface area contributed by atoms with Crippen LogP contribution in [0.3, 0.4) is 0 Å². The quantitative estimate of drug-likeness (QED) is 0.487. The van der Waals surface area contributed by atoms with Gasteiger partial charge in [-0.1, -0.05) is 6.92 Å². The van der Waals surface area contributed by atoms with Crippen LogP contribution in [0.2, 0.25) is 0 Å². The first-order valence-corrected chi connectivity index (χ1v) is 3.70. The lowest BCUT2D eigenvalue weighted by molar-refractivity contribution is 0.466. The van der Waals surface area contributed by atoms with Crippen LogP contribution in [0.15, 0.2) is 0 Å². The fourth-order valence-corrected chi connectivity index (χ4v) is 0.632. The predicted octanol–water partition coefficient (Wildman–Crippen LogP) is -1.26. The van der Waals surface area contributed by atoms with Crippen molar-refractivity contribution in [1.82, 2.24) is 0 Å². The van der Waals surface area contributed by atoms with Gasteiger partial charge < -0.3 is 11.2 Å². The van der Waals surface area contributed by atoms with Crippen LogP contribution < -0.4 is 5.73 Å². The van der Waals surface area contributed by atoms with Crippen LogP contribution in [-0.2, 0) is 10.1 Å². The van der Waals surface area contributed by atoms with E-state index in [4.69, 9.17) is 10.3 Å². The average Bonchev–Trinajstić information content (AvgIpc) is 1.62. The Morgan fingerprint density at radius 1 is 1.67 bits per heavy atom. The molecule has 0 aromatic heterocycles. The predicted molar refractivity (Wildman–Crippen MR) is 33.4 cm³/mol. The van der Waals surface area contributed by atoms with E-state index in [1.165, 1.54) is 0 Å². The molecule has 0 radical (unpaired) electrons. The lowest BCUT2D eigenvalue weighted by Crippen LogP contribution is -2.28. The van der Waals surface area contributed by atoms with Gasteiger partial charge in [0.25, 0.3) is 10.1 Å². The third-order valence-electron chi connectivity index (χ3n) is 0.785. The highest BCUT2D eigenvalue weighted by Gasteiger charge is 2.13. The summed E-state index contributed by atoms with van der Waals surface area (Å²) in [5.41, 5.74) is 4.91. The van der Waals surface area contributed by atoms with Crippen molar-refractivity contribution < 1.29 is 18.4 Å². The molecule has 0 aliphatic heterocycles. The van der Waals surface area contributed by atoms with E-state index in [1.807, 2.05) is 0 Å². The highest BCUT2D eigenvalue weighted by atomic mass is 32.2. The number of rotatable bonds is 2. The molecule has 1 unspecified atom stereocenters. The highest BCUT2D eigenvalue weighted by molar-refractivity contribution is 7.86. The normalized spacial score (nSPS) is 14.1. The lowest BCUT2D eigenvalue weighted by Gasteiger charge is -2.01. The zero-order chi connectivity index (χ0) is 6.78. The van der Waals surface area contributed by atoms with Crippen LogP contribution >= 0.6 is 0 Å². The smallest absolute Gasteiger partial charge is 0.280 e. The largest absolute Gasteiger partial charge is 0.412 e. The Morgan fingerprint density at radius 2 is 2.00 bits per heavy atom. The number of nitrogens with two attached hydrogens (primary N) is 1. The maximum absolute atomic E-state index is 9.99. The second-order valence-corrected chi connectivity index (χ2v) is 3.10. The van der Waals surface area contributed by atoms with Gasteiger partial charge in [0.1, 0.15) is 5.37 Å². The molecule has 0 bridgehead atoms. The fourth-order valence-electron chi connectivity index (χ4n) is 0.211. The van der Waals surface area contributed by atoms with Crippen molar-refractivity contribution in [3.8, 4) is 0 Å². The van der Waals surface area contributed by atoms with Gasteiger partial charge in [0, 0.05) is 0 Å². The van der Waals surface area contributed by atoms with Gasteiger partial charge in [0.15, 0.2) is 0 Å². The SMILES string of the molecule is CCC(N)S(=O)(=O)O.O. The van der Waals surface area contributed by atoms with Gasteiger partial charge in [-0.25, -0.2) is 0 Å². The molecule has 0 amide bonds. The van der Waals surface area contributed by atoms with Gasteiger partial charge in [-0.3, -0.25) is 4.55 Å². The van der Waals surface area contributed by atoms with Crippen molar-refractivity contribution in [3.63, 3.8) is 0 Å². The second-order valence-electron chi connectivity index (χ2n) is 1.46. The maximum Gasteiger partial charge on any atom is 0.280 e. The molecule has 0 aliphatic carbocycles. The highest BCUT2D eigenvalue weighted by Crippen LogP contribution is 1.93. The molecular weight excluding hydrogens is 146 g/mol. The Kier molecular flexibility index (Phi) is 4.87. The van der Waals surface area contributed by atoms with Gasteiger partial charge in [-0.05, 0) is 6.42 Å². The van der Waals surface area contributed by atoms with Gasteiger partial charge >= 0.3 is 0 Å². The Morgan fingerprint density at radius 3 is 2.00 bits per heavy atom. The van der Waals surface area contributed by atoms with Crippen LogP contribution in [0, 0.1) is 0 Å². The van der Waals surface area contributed by atoms with E-state index < -0.39 is 15.5 Å². The molecule has 58 valence electrons. The van der Waals surface area contributed by atoms with Crippen molar-refractivity contribution in [2.24, 2.45) is 5.73 Å². The van der Waals surface area contributed by atoms with Crippen LogP contribution in [0.4, 0.5) is 0 Å². The van der Waals surface area contributed by atoms with Crippen LogP contribution in [0.5, 0.6) is 0 Å². The molecule has 1 atom stereocenters. The van der Waals surface area contributed by atoms with E-state index in [9.17, 15) is 8.42 Å². The van der Waals surface area contributed by atoms with Crippen molar-refractivity contribution in [1.29, 1.82) is 0 Å². The van der Waals surface area contributed by atoms with E-state index in [-0.39, 0.29) is 11.9 Å². The van der Waals surface area contributed by atoms with Crippen molar-refractivity contribution in [2.45, 2.75) is 18.7 Å². The summed E-state index contributed by atoms with van der Waals surface area (Å²) in [7, 11) is -3.98. The molecule has 9 heavy (non-hydrogen) atoms. The third kappa shape index (κ3) is 4.34. The van der Waals surface area contributed by atoms with E-state index >= 15 is 0 Å². The fraction of sp³-hybridized carbons (Fsp3) is 1.00. The molecule has 0 spiro atoms. The molecule has 0 aliphatic rings. The minimum Gasteiger partial charge on any atom is -0.412 e. The monoisotopic (exact) mass is 157 g/mol. The minimum absolute atomic E-state index is 0. The Bertz CT molecular complexity index is 151. The Balaban J connectivity index is 0. The molecule has 0 rings (SSSR count). The summed E-state index contributed by atoms with van der Waals surface area (Å²) in [5.74, 6) is 0. The molecule has 0 heterocycles. The summed E-state index contributed by atoms with van der Waals surface area (Å²) in [6.45, 7) is 1.58. The number of hydrogen-bond acceptors (Lipinski definition) is 3. The second kappa shape index (κ2) is 3.78. The van der Waals surface area contributed by atoms with E-state index in [2.05, 4.69) is 0 Å². The van der Waals surface area contributed by atoms with Gasteiger partial charge in [0.2, 0.25) is 0 Å². The van der Waals surface area contributed by atoms with Crippen molar-refractivity contribution >= 4 is 10.1 Å². The molecule has 5 N–H and O–H groups in total.